The van der Waals surface area contributed by atoms with Gasteiger partial charge in [-0.15, -0.1) is 0 Å². The minimum Gasteiger partial charge on any atom is -0.348 e. The molecule has 0 aliphatic heterocycles. The summed E-state index contributed by atoms with van der Waals surface area (Å²) in [5.41, 5.74) is 11.0. The van der Waals surface area contributed by atoms with Crippen molar-refractivity contribution in [2.24, 2.45) is 5.73 Å². The first-order valence-corrected chi connectivity index (χ1v) is 7.43. The number of H-pyrrole nitrogens is 1. The standard InChI is InChI=1S/C16H19N5/c1-10-2-5-15-14(6-10)20-16(21(15)12-3-4-12)13(17)7-11-8-18-9-19-11/h2,5-6,8-9,12-13H,3-4,7,17H2,1H3,(H,18,19). The lowest BCUT2D eigenvalue weighted by Crippen LogP contribution is -2.19. The van der Waals surface area contributed by atoms with E-state index in [9.17, 15) is 0 Å². The van der Waals surface area contributed by atoms with E-state index < -0.39 is 0 Å². The molecule has 1 fully saturated rings. The predicted molar refractivity (Wildman–Crippen MR) is 82.0 cm³/mol. The van der Waals surface area contributed by atoms with Gasteiger partial charge in [0.2, 0.25) is 0 Å². The van der Waals surface area contributed by atoms with E-state index in [-0.39, 0.29) is 6.04 Å². The van der Waals surface area contributed by atoms with Crippen molar-refractivity contribution in [2.45, 2.75) is 38.3 Å². The topological polar surface area (TPSA) is 72.5 Å². The van der Waals surface area contributed by atoms with Crippen LogP contribution in [-0.4, -0.2) is 19.5 Å². The lowest BCUT2D eigenvalue weighted by molar-refractivity contribution is 0.597. The Balaban J connectivity index is 1.77. The molecule has 21 heavy (non-hydrogen) atoms. The number of fused-ring (bicyclic) bond motifs is 1. The molecule has 108 valence electrons. The van der Waals surface area contributed by atoms with Gasteiger partial charge in [0.1, 0.15) is 5.82 Å². The number of nitrogens with one attached hydrogen (secondary N) is 1. The molecule has 2 heterocycles. The van der Waals surface area contributed by atoms with Gasteiger partial charge in [-0.2, -0.15) is 0 Å². The third-order valence-electron chi connectivity index (χ3n) is 4.11. The molecule has 0 spiro atoms. The zero-order valence-electron chi connectivity index (χ0n) is 12.1. The van der Waals surface area contributed by atoms with Crippen LogP contribution in [0.3, 0.4) is 0 Å². The average Bonchev–Trinajstić information content (AvgIpc) is 3.03. The van der Waals surface area contributed by atoms with Crippen LogP contribution < -0.4 is 5.73 Å². The smallest absolute Gasteiger partial charge is 0.127 e. The fourth-order valence-corrected chi connectivity index (χ4v) is 2.93. The van der Waals surface area contributed by atoms with Crippen molar-refractivity contribution in [3.05, 3.63) is 47.8 Å². The van der Waals surface area contributed by atoms with Crippen LogP contribution in [-0.2, 0) is 6.42 Å². The lowest BCUT2D eigenvalue weighted by Gasteiger charge is -2.13. The molecule has 0 saturated heterocycles. The van der Waals surface area contributed by atoms with E-state index in [1.807, 2.05) is 6.20 Å². The van der Waals surface area contributed by atoms with Gasteiger partial charge >= 0.3 is 0 Å². The van der Waals surface area contributed by atoms with Gasteiger partial charge in [-0.3, -0.25) is 0 Å². The van der Waals surface area contributed by atoms with Crippen LogP contribution >= 0.6 is 0 Å². The highest BCUT2D eigenvalue weighted by Crippen LogP contribution is 2.40. The molecule has 3 aromatic rings. The number of hydrogen-bond acceptors (Lipinski definition) is 3. The van der Waals surface area contributed by atoms with Crippen LogP contribution in [0.1, 0.15) is 42.0 Å². The van der Waals surface area contributed by atoms with E-state index in [1.165, 1.54) is 23.9 Å². The number of hydrogen-bond donors (Lipinski definition) is 2. The zero-order chi connectivity index (χ0) is 14.4. The molecule has 0 radical (unpaired) electrons. The van der Waals surface area contributed by atoms with Crippen LogP contribution in [0.2, 0.25) is 0 Å². The van der Waals surface area contributed by atoms with Gasteiger partial charge in [0.15, 0.2) is 0 Å². The molecule has 1 aromatic carbocycles. The summed E-state index contributed by atoms with van der Waals surface area (Å²) in [6.07, 6.45) is 6.70. The van der Waals surface area contributed by atoms with E-state index in [0.29, 0.717) is 6.04 Å². The lowest BCUT2D eigenvalue weighted by atomic mass is 10.1. The highest BCUT2D eigenvalue weighted by atomic mass is 15.1. The van der Waals surface area contributed by atoms with Crippen LogP contribution in [0.4, 0.5) is 0 Å². The van der Waals surface area contributed by atoms with Crippen molar-refractivity contribution in [3.8, 4) is 0 Å². The van der Waals surface area contributed by atoms with E-state index in [1.54, 1.807) is 6.33 Å². The van der Waals surface area contributed by atoms with Gasteiger partial charge in [0, 0.05) is 24.4 Å². The molecule has 0 amide bonds. The fraction of sp³-hybridized carbons (Fsp3) is 0.375. The van der Waals surface area contributed by atoms with Crippen molar-refractivity contribution < 1.29 is 0 Å². The first-order chi connectivity index (χ1) is 10.2. The molecule has 2 aromatic heterocycles. The number of nitrogens with zero attached hydrogens (tertiary/aromatic N) is 3. The van der Waals surface area contributed by atoms with Gasteiger partial charge in [-0.05, 0) is 37.5 Å². The normalized spacial score (nSPS) is 16.5. The summed E-state index contributed by atoms with van der Waals surface area (Å²) < 4.78 is 2.34. The first-order valence-electron chi connectivity index (χ1n) is 7.43. The number of aromatic amines is 1. The van der Waals surface area contributed by atoms with E-state index >= 15 is 0 Å². The first kappa shape index (κ1) is 12.6. The molecular formula is C16H19N5. The number of benzene rings is 1. The van der Waals surface area contributed by atoms with E-state index in [0.717, 1.165) is 23.5 Å². The van der Waals surface area contributed by atoms with Crippen molar-refractivity contribution in [1.82, 2.24) is 19.5 Å². The summed E-state index contributed by atoms with van der Waals surface area (Å²) in [5.74, 6) is 0.993. The highest BCUT2D eigenvalue weighted by Gasteiger charge is 2.30. The molecule has 1 saturated carbocycles. The zero-order valence-corrected chi connectivity index (χ0v) is 12.1. The summed E-state index contributed by atoms with van der Waals surface area (Å²) in [7, 11) is 0. The Bertz CT molecular complexity index is 767. The van der Waals surface area contributed by atoms with Crippen LogP contribution in [0.5, 0.6) is 0 Å². The molecule has 5 nitrogen and oxygen atoms in total. The van der Waals surface area contributed by atoms with Gasteiger partial charge in [0.05, 0.1) is 23.4 Å². The summed E-state index contributed by atoms with van der Waals surface area (Å²) in [4.78, 5) is 12.0. The van der Waals surface area contributed by atoms with Crippen LogP contribution in [0.15, 0.2) is 30.7 Å². The molecular weight excluding hydrogens is 262 g/mol. The highest BCUT2D eigenvalue weighted by molar-refractivity contribution is 5.77. The number of aromatic nitrogens is 4. The van der Waals surface area contributed by atoms with Gasteiger partial charge in [-0.25, -0.2) is 9.97 Å². The Labute approximate surface area is 123 Å². The Morgan fingerprint density at radius 1 is 1.43 bits per heavy atom. The molecule has 1 unspecified atom stereocenters. The average molecular weight is 281 g/mol. The molecule has 1 aliphatic carbocycles. The maximum Gasteiger partial charge on any atom is 0.127 e. The van der Waals surface area contributed by atoms with Gasteiger partial charge in [-0.1, -0.05) is 6.07 Å². The number of imidazole rings is 2. The van der Waals surface area contributed by atoms with Gasteiger partial charge in [0.25, 0.3) is 0 Å². The second-order valence-corrected chi connectivity index (χ2v) is 5.95. The minimum atomic E-state index is -0.112. The minimum absolute atomic E-state index is 0.112. The SMILES string of the molecule is Cc1ccc2c(c1)nc(C(N)Cc1cnc[nH]1)n2C1CC1. The second kappa shape index (κ2) is 4.70. The maximum atomic E-state index is 6.42. The quantitative estimate of drug-likeness (QED) is 0.772. The summed E-state index contributed by atoms with van der Waals surface area (Å²) in [6, 6.07) is 6.91. The van der Waals surface area contributed by atoms with Crippen molar-refractivity contribution in [1.29, 1.82) is 0 Å². The van der Waals surface area contributed by atoms with Gasteiger partial charge < -0.3 is 15.3 Å². The fourth-order valence-electron chi connectivity index (χ4n) is 2.93. The number of aryl methyl sites for hydroxylation is 1. The molecule has 1 atom stereocenters. The maximum absolute atomic E-state index is 6.42. The second-order valence-electron chi connectivity index (χ2n) is 5.95. The summed E-state index contributed by atoms with van der Waals surface area (Å²) >= 11 is 0. The number of nitrogens with two attached hydrogens (primary N) is 1. The molecule has 4 rings (SSSR count). The van der Waals surface area contributed by atoms with Crippen LogP contribution in [0.25, 0.3) is 11.0 Å². The Kier molecular flexibility index (Phi) is 2.82. The Morgan fingerprint density at radius 2 is 2.29 bits per heavy atom. The van der Waals surface area contributed by atoms with Crippen molar-refractivity contribution in [3.63, 3.8) is 0 Å². The number of rotatable bonds is 4. The predicted octanol–water partition coefficient (Wildman–Crippen LogP) is 2.65. The third-order valence-corrected chi connectivity index (χ3v) is 4.11. The largest absolute Gasteiger partial charge is 0.348 e. The third kappa shape index (κ3) is 2.23. The van der Waals surface area contributed by atoms with E-state index in [4.69, 9.17) is 10.7 Å². The Morgan fingerprint density at radius 3 is 3.00 bits per heavy atom. The van der Waals surface area contributed by atoms with Crippen LogP contribution in [0, 0.1) is 6.92 Å². The summed E-state index contributed by atoms with van der Waals surface area (Å²) in [5, 5.41) is 0. The molecule has 3 N–H and O–H groups in total. The molecule has 1 aliphatic rings. The van der Waals surface area contributed by atoms with Crippen molar-refractivity contribution in [2.75, 3.05) is 0 Å². The van der Waals surface area contributed by atoms with E-state index in [2.05, 4.69) is 39.7 Å². The van der Waals surface area contributed by atoms with Crippen molar-refractivity contribution >= 4 is 11.0 Å². The molecule has 0 bridgehead atoms. The summed E-state index contributed by atoms with van der Waals surface area (Å²) in [6.45, 7) is 2.10. The Hall–Kier alpha value is -2.14. The monoisotopic (exact) mass is 281 g/mol. The molecule has 5 heteroatoms.